The lowest BCUT2D eigenvalue weighted by Crippen LogP contribution is -2.17. The normalized spacial score (nSPS) is 13.2. The average Bonchev–Trinajstić information content (AvgIpc) is 3.88. The summed E-state index contributed by atoms with van der Waals surface area (Å²) in [6.45, 7) is 4.73. The summed E-state index contributed by atoms with van der Waals surface area (Å²) in [5.74, 6) is 0.676. The van der Waals surface area contributed by atoms with E-state index in [2.05, 4.69) is 194 Å². The fourth-order valence-electron chi connectivity index (χ4n) is 9.49. The highest BCUT2D eigenvalue weighted by Gasteiger charge is 2.38. The molecule has 12 rings (SSSR count). The Bertz CT molecular complexity index is 3420. The molecule has 3 nitrogen and oxygen atoms in total. The maximum absolute atomic E-state index is 5.53. The van der Waals surface area contributed by atoms with Crippen LogP contribution in [0.2, 0.25) is 0 Å². The van der Waals surface area contributed by atoms with Gasteiger partial charge in [0.25, 0.3) is 0 Å². The molecule has 0 bridgehead atoms. The first-order chi connectivity index (χ1) is 28.0. The second-order valence-corrected chi connectivity index (χ2v) is 16.8. The molecule has 11 aromatic rings. The highest BCUT2D eigenvalue weighted by atomic mass is 32.1. The van der Waals surface area contributed by atoms with E-state index in [-0.39, 0.29) is 5.41 Å². The van der Waals surface area contributed by atoms with E-state index < -0.39 is 0 Å². The van der Waals surface area contributed by atoms with E-state index in [0.29, 0.717) is 5.95 Å². The van der Waals surface area contributed by atoms with Gasteiger partial charge in [0.2, 0.25) is 5.95 Å². The first-order valence-electron chi connectivity index (χ1n) is 19.6. The largest absolute Gasteiger partial charge is 0.278 e. The summed E-state index contributed by atoms with van der Waals surface area (Å²) in [7, 11) is 0. The molecule has 0 saturated heterocycles. The van der Waals surface area contributed by atoms with Gasteiger partial charge in [0, 0.05) is 47.3 Å². The minimum atomic E-state index is -0.238. The Kier molecular flexibility index (Phi) is 6.85. The van der Waals surface area contributed by atoms with Crippen molar-refractivity contribution in [2.24, 2.45) is 0 Å². The molecule has 1 aliphatic rings. The van der Waals surface area contributed by atoms with Crippen molar-refractivity contribution in [3.8, 4) is 50.6 Å². The number of para-hydroxylation sites is 1. The van der Waals surface area contributed by atoms with Crippen LogP contribution in [-0.4, -0.2) is 14.5 Å². The molecular weight excluding hydrogens is 711 g/mol. The van der Waals surface area contributed by atoms with Gasteiger partial charge in [-0.1, -0.05) is 153 Å². The van der Waals surface area contributed by atoms with Gasteiger partial charge in [0.05, 0.1) is 22.2 Å². The van der Waals surface area contributed by atoms with Crippen LogP contribution in [0.25, 0.3) is 103 Å². The minimum absolute atomic E-state index is 0.238. The lowest BCUT2D eigenvalue weighted by Gasteiger charge is -2.23. The van der Waals surface area contributed by atoms with Gasteiger partial charge in [-0.05, 0) is 80.9 Å². The second kappa shape index (κ2) is 12.1. The van der Waals surface area contributed by atoms with Gasteiger partial charge in [0.15, 0.2) is 0 Å². The number of benzene rings is 8. The SMILES string of the molecule is CC1(C)c2ccccc2-c2ccc3c4cc(-c5ccc6sc7ccccc7c6c5)ccc4n(-c4nc(-c5ccc(-c6ccccc6)cc5)c5ccccc5n4)c3c21. The van der Waals surface area contributed by atoms with Crippen molar-refractivity contribution in [2.45, 2.75) is 19.3 Å². The third-order valence-electron chi connectivity index (χ3n) is 12.2. The zero-order valence-corrected chi connectivity index (χ0v) is 32.3. The molecule has 0 radical (unpaired) electrons. The van der Waals surface area contributed by atoms with Crippen molar-refractivity contribution in [3.63, 3.8) is 0 Å². The molecule has 0 atom stereocenters. The zero-order valence-electron chi connectivity index (χ0n) is 31.5. The van der Waals surface area contributed by atoms with Gasteiger partial charge in [-0.25, -0.2) is 9.97 Å². The molecule has 0 unspecified atom stereocenters. The molecule has 1 aliphatic carbocycles. The molecule has 268 valence electrons. The Morgan fingerprint density at radius 1 is 0.456 bits per heavy atom. The van der Waals surface area contributed by atoms with Gasteiger partial charge < -0.3 is 0 Å². The highest BCUT2D eigenvalue weighted by molar-refractivity contribution is 7.25. The second-order valence-electron chi connectivity index (χ2n) is 15.8. The standard InChI is InChI=1S/C53H35N3S/c1-53(2)44-17-9-6-14-37(44)39-26-27-40-42-30-35(36-25-29-48-43(31-36)38-15-8-11-19-47(38)57-48)24-28-46(42)56(51(40)49(39)53)52-54-45-18-10-7-16-41(45)50(55-52)34-22-20-33(21-23-34)32-12-4-3-5-13-32/h3-31H,1-2H3. The summed E-state index contributed by atoms with van der Waals surface area (Å²) in [6, 6.07) is 63.9. The molecule has 57 heavy (non-hydrogen) atoms. The van der Waals surface area contributed by atoms with Crippen LogP contribution in [-0.2, 0) is 5.41 Å². The lowest BCUT2D eigenvalue weighted by atomic mass is 9.81. The van der Waals surface area contributed by atoms with Crippen LogP contribution in [0.15, 0.2) is 176 Å². The van der Waals surface area contributed by atoms with Crippen molar-refractivity contribution in [2.75, 3.05) is 0 Å². The summed E-state index contributed by atoms with van der Waals surface area (Å²) in [5, 5.41) is 6.05. The highest BCUT2D eigenvalue weighted by Crippen LogP contribution is 2.53. The fourth-order valence-corrected chi connectivity index (χ4v) is 10.6. The predicted octanol–water partition coefficient (Wildman–Crippen LogP) is 14.4. The molecule has 0 fully saturated rings. The Balaban J connectivity index is 1.13. The summed E-state index contributed by atoms with van der Waals surface area (Å²) in [4.78, 5) is 10.9. The number of thiophene rings is 1. The van der Waals surface area contributed by atoms with Crippen molar-refractivity contribution in [1.82, 2.24) is 14.5 Å². The number of hydrogen-bond acceptors (Lipinski definition) is 3. The predicted molar refractivity (Wildman–Crippen MR) is 241 cm³/mol. The van der Waals surface area contributed by atoms with Crippen LogP contribution in [0, 0.1) is 0 Å². The van der Waals surface area contributed by atoms with E-state index in [0.717, 1.165) is 27.7 Å². The van der Waals surface area contributed by atoms with Crippen LogP contribution in [0.1, 0.15) is 25.0 Å². The van der Waals surface area contributed by atoms with Gasteiger partial charge in [0.1, 0.15) is 0 Å². The van der Waals surface area contributed by atoms with Gasteiger partial charge >= 0.3 is 0 Å². The number of fused-ring (bicyclic) bond motifs is 11. The molecule has 4 heteroatoms. The molecule has 0 N–H and O–H groups in total. The van der Waals surface area contributed by atoms with E-state index >= 15 is 0 Å². The molecule has 3 aromatic heterocycles. The van der Waals surface area contributed by atoms with Crippen molar-refractivity contribution in [3.05, 3.63) is 187 Å². The lowest BCUT2D eigenvalue weighted by molar-refractivity contribution is 0.663. The first kappa shape index (κ1) is 32.4. The molecule has 3 heterocycles. The summed E-state index contributed by atoms with van der Waals surface area (Å²) in [5.41, 5.74) is 15.0. The Morgan fingerprint density at radius 3 is 1.96 bits per heavy atom. The molecule has 0 amide bonds. The van der Waals surface area contributed by atoms with Crippen LogP contribution in [0.3, 0.4) is 0 Å². The van der Waals surface area contributed by atoms with Crippen molar-refractivity contribution in [1.29, 1.82) is 0 Å². The molecule has 0 saturated carbocycles. The molecule has 8 aromatic carbocycles. The molecular formula is C53H35N3S. The maximum atomic E-state index is 5.53. The van der Waals surface area contributed by atoms with E-state index in [1.807, 2.05) is 11.3 Å². The topological polar surface area (TPSA) is 30.7 Å². The number of aromatic nitrogens is 3. The third kappa shape index (κ3) is 4.78. The Labute approximate surface area is 334 Å². The van der Waals surface area contributed by atoms with E-state index in [9.17, 15) is 0 Å². The zero-order chi connectivity index (χ0) is 37.8. The van der Waals surface area contributed by atoms with Gasteiger partial charge in [-0.3, -0.25) is 4.57 Å². The van der Waals surface area contributed by atoms with Crippen LogP contribution < -0.4 is 0 Å². The van der Waals surface area contributed by atoms with Gasteiger partial charge in [-0.2, -0.15) is 0 Å². The maximum Gasteiger partial charge on any atom is 0.235 e. The Hall–Kier alpha value is -6.88. The van der Waals surface area contributed by atoms with Crippen molar-refractivity contribution < 1.29 is 0 Å². The number of nitrogens with zero attached hydrogens (tertiary/aromatic N) is 3. The molecule has 0 spiro atoms. The van der Waals surface area contributed by atoms with Crippen LogP contribution in [0.5, 0.6) is 0 Å². The average molecular weight is 746 g/mol. The summed E-state index contributed by atoms with van der Waals surface area (Å²) in [6.07, 6.45) is 0. The minimum Gasteiger partial charge on any atom is -0.278 e. The number of rotatable bonds is 4. The van der Waals surface area contributed by atoms with Gasteiger partial charge in [-0.15, -0.1) is 11.3 Å². The van der Waals surface area contributed by atoms with Crippen molar-refractivity contribution >= 4 is 64.2 Å². The monoisotopic (exact) mass is 745 g/mol. The quantitative estimate of drug-likeness (QED) is 0.180. The first-order valence-corrected chi connectivity index (χ1v) is 20.4. The molecule has 0 aliphatic heterocycles. The van der Waals surface area contributed by atoms with E-state index in [1.165, 1.54) is 81.0 Å². The van der Waals surface area contributed by atoms with Crippen LogP contribution >= 0.6 is 11.3 Å². The van der Waals surface area contributed by atoms with Crippen LogP contribution in [0.4, 0.5) is 0 Å². The van der Waals surface area contributed by atoms with E-state index in [4.69, 9.17) is 9.97 Å². The van der Waals surface area contributed by atoms with E-state index in [1.54, 1.807) is 0 Å². The third-order valence-corrected chi connectivity index (χ3v) is 13.4. The fraction of sp³-hybridized carbons (Fsp3) is 0.0566. The smallest absolute Gasteiger partial charge is 0.235 e. The number of hydrogen-bond donors (Lipinski definition) is 0. The Morgan fingerprint density at radius 2 is 1.11 bits per heavy atom. The summed E-state index contributed by atoms with van der Waals surface area (Å²) < 4.78 is 4.99. The summed E-state index contributed by atoms with van der Waals surface area (Å²) >= 11 is 1.86.